The summed E-state index contributed by atoms with van der Waals surface area (Å²) in [6.07, 6.45) is 0. The standard InChI is InChI=1S/C16H18N2O3/c17-16(20)11-21-15-7-3-13(4-8-15)10-18-9-12-1-5-14(19)6-2-12/h1-8,18-19H,9-11H2,(H2,17,20). The lowest BCUT2D eigenvalue weighted by Gasteiger charge is -2.07. The lowest BCUT2D eigenvalue weighted by Crippen LogP contribution is -2.20. The number of nitrogens with one attached hydrogen (secondary N) is 1. The van der Waals surface area contributed by atoms with Crippen LogP contribution < -0.4 is 15.8 Å². The first-order chi connectivity index (χ1) is 10.1. The zero-order valence-electron chi connectivity index (χ0n) is 11.6. The number of phenolic OH excluding ortho intramolecular Hbond substituents is 1. The number of hydrogen-bond acceptors (Lipinski definition) is 4. The van der Waals surface area contributed by atoms with Gasteiger partial charge < -0.3 is 20.9 Å². The molecule has 0 aliphatic carbocycles. The summed E-state index contributed by atoms with van der Waals surface area (Å²) in [6.45, 7) is 1.33. The minimum absolute atomic E-state index is 0.113. The van der Waals surface area contributed by atoms with E-state index >= 15 is 0 Å². The van der Waals surface area contributed by atoms with E-state index in [1.54, 1.807) is 24.3 Å². The number of ether oxygens (including phenoxy) is 1. The van der Waals surface area contributed by atoms with Gasteiger partial charge >= 0.3 is 0 Å². The van der Waals surface area contributed by atoms with Gasteiger partial charge in [0.05, 0.1) is 0 Å². The van der Waals surface area contributed by atoms with Crippen LogP contribution in [0.1, 0.15) is 11.1 Å². The molecule has 0 radical (unpaired) electrons. The van der Waals surface area contributed by atoms with Crippen molar-refractivity contribution in [1.82, 2.24) is 5.32 Å². The van der Waals surface area contributed by atoms with Gasteiger partial charge in [-0.15, -0.1) is 0 Å². The molecule has 0 saturated carbocycles. The minimum Gasteiger partial charge on any atom is -0.508 e. The predicted molar refractivity (Wildman–Crippen MR) is 79.8 cm³/mol. The first-order valence-electron chi connectivity index (χ1n) is 6.62. The molecule has 1 amide bonds. The molecule has 2 aromatic rings. The molecule has 0 spiro atoms. The van der Waals surface area contributed by atoms with Gasteiger partial charge in [-0.05, 0) is 35.4 Å². The van der Waals surface area contributed by atoms with Crippen molar-refractivity contribution in [2.45, 2.75) is 13.1 Å². The van der Waals surface area contributed by atoms with Crippen LogP contribution in [0.25, 0.3) is 0 Å². The minimum atomic E-state index is -0.491. The third-order valence-electron chi connectivity index (χ3n) is 2.90. The number of rotatable bonds is 7. The summed E-state index contributed by atoms with van der Waals surface area (Å²) in [5, 5.41) is 12.5. The molecule has 4 N–H and O–H groups in total. The van der Waals surface area contributed by atoms with Gasteiger partial charge in [-0.25, -0.2) is 0 Å². The fourth-order valence-electron chi connectivity index (χ4n) is 1.82. The number of nitrogens with two attached hydrogens (primary N) is 1. The molecule has 5 nitrogen and oxygen atoms in total. The van der Waals surface area contributed by atoms with Gasteiger partial charge in [0.15, 0.2) is 6.61 Å². The zero-order chi connectivity index (χ0) is 15.1. The van der Waals surface area contributed by atoms with Gasteiger partial charge in [0.2, 0.25) is 0 Å². The maximum absolute atomic E-state index is 10.6. The summed E-state index contributed by atoms with van der Waals surface area (Å²) < 4.78 is 5.19. The number of aromatic hydroxyl groups is 1. The number of phenols is 1. The van der Waals surface area contributed by atoms with Crippen LogP contribution in [-0.2, 0) is 17.9 Å². The van der Waals surface area contributed by atoms with Gasteiger partial charge in [0.1, 0.15) is 11.5 Å². The van der Waals surface area contributed by atoms with Crippen LogP contribution in [0, 0.1) is 0 Å². The largest absolute Gasteiger partial charge is 0.508 e. The first kappa shape index (κ1) is 14.9. The van der Waals surface area contributed by atoms with Gasteiger partial charge in [-0.3, -0.25) is 4.79 Å². The molecule has 5 heteroatoms. The van der Waals surface area contributed by atoms with E-state index in [4.69, 9.17) is 10.5 Å². The second-order valence-corrected chi connectivity index (χ2v) is 4.67. The van der Waals surface area contributed by atoms with E-state index in [2.05, 4.69) is 5.32 Å². The molecule has 0 fully saturated rings. The molecule has 0 aliphatic heterocycles. The molecule has 0 aliphatic rings. The monoisotopic (exact) mass is 286 g/mol. The van der Waals surface area contributed by atoms with Crippen LogP contribution >= 0.6 is 0 Å². The van der Waals surface area contributed by atoms with Crippen LogP contribution in [0.5, 0.6) is 11.5 Å². The number of primary amides is 1. The average molecular weight is 286 g/mol. The molecule has 0 heterocycles. The Bertz CT molecular complexity index is 579. The van der Waals surface area contributed by atoms with Crippen LogP contribution in [0.15, 0.2) is 48.5 Å². The third-order valence-corrected chi connectivity index (χ3v) is 2.90. The molecule has 0 bridgehead atoms. The SMILES string of the molecule is NC(=O)COc1ccc(CNCc2ccc(O)cc2)cc1. The number of benzene rings is 2. The Morgan fingerprint density at radius 3 is 2.05 bits per heavy atom. The number of carbonyl (C=O) groups excluding carboxylic acids is 1. The Morgan fingerprint density at radius 2 is 1.52 bits per heavy atom. The van der Waals surface area contributed by atoms with Gasteiger partial charge in [0, 0.05) is 13.1 Å². The highest BCUT2D eigenvalue weighted by Gasteiger charge is 1.99. The summed E-state index contributed by atoms with van der Waals surface area (Å²) in [5.41, 5.74) is 7.23. The van der Waals surface area contributed by atoms with Crippen LogP contribution in [-0.4, -0.2) is 17.6 Å². The van der Waals surface area contributed by atoms with E-state index in [9.17, 15) is 9.90 Å². The van der Waals surface area contributed by atoms with Crippen molar-refractivity contribution in [2.24, 2.45) is 5.73 Å². The third kappa shape index (κ3) is 5.16. The Kier molecular flexibility index (Phi) is 5.17. The zero-order valence-corrected chi connectivity index (χ0v) is 11.6. The fraction of sp³-hybridized carbons (Fsp3) is 0.188. The second kappa shape index (κ2) is 7.31. The van der Waals surface area contributed by atoms with Gasteiger partial charge in [-0.1, -0.05) is 24.3 Å². The Morgan fingerprint density at radius 1 is 1.00 bits per heavy atom. The van der Waals surface area contributed by atoms with Crippen molar-refractivity contribution < 1.29 is 14.6 Å². The predicted octanol–water partition coefficient (Wildman–Crippen LogP) is 1.55. The molecule has 0 saturated heterocycles. The quantitative estimate of drug-likeness (QED) is 0.721. The van der Waals surface area contributed by atoms with Crippen molar-refractivity contribution >= 4 is 5.91 Å². The summed E-state index contributed by atoms with van der Waals surface area (Å²) in [7, 11) is 0. The summed E-state index contributed by atoms with van der Waals surface area (Å²) in [6, 6.07) is 14.6. The van der Waals surface area contributed by atoms with E-state index < -0.39 is 5.91 Å². The molecule has 2 rings (SSSR count). The number of amides is 1. The van der Waals surface area contributed by atoms with E-state index in [-0.39, 0.29) is 12.4 Å². The Balaban J connectivity index is 1.78. The maximum atomic E-state index is 10.6. The average Bonchev–Trinajstić information content (AvgIpc) is 2.48. The van der Waals surface area contributed by atoms with Crippen LogP contribution in [0.3, 0.4) is 0 Å². The van der Waals surface area contributed by atoms with E-state index in [1.807, 2.05) is 24.3 Å². The summed E-state index contributed by atoms with van der Waals surface area (Å²) in [4.78, 5) is 10.6. The highest BCUT2D eigenvalue weighted by Crippen LogP contribution is 2.12. The lowest BCUT2D eigenvalue weighted by atomic mass is 10.2. The Hall–Kier alpha value is -2.53. The van der Waals surface area contributed by atoms with E-state index in [0.29, 0.717) is 5.75 Å². The first-order valence-corrected chi connectivity index (χ1v) is 6.62. The van der Waals surface area contributed by atoms with Crippen LogP contribution in [0.4, 0.5) is 0 Å². The topological polar surface area (TPSA) is 84.6 Å². The summed E-state index contributed by atoms with van der Waals surface area (Å²) in [5.74, 6) is 0.399. The fourth-order valence-corrected chi connectivity index (χ4v) is 1.82. The van der Waals surface area contributed by atoms with Crippen LogP contribution in [0.2, 0.25) is 0 Å². The van der Waals surface area contributed by atoms with Crippen molar-refractivity contribution in [3.63, 3.8) is 0 Å². The van der Waals surface area contributed by atoms with E-state index in [1.165, 1.54) is 0 Å². The number of hydrogen-bond donors (Lipinski definition) is 3. The van der Waals surface area contributed by atoms with Crippen molar-refractivity contribution in [2.75, 3.05) is 6.61 Å². The molecule has 2 aromatic carbocycles. The van der Waals surface area contributed by atoms with Gasteiger partial charge in [-0.2, -0.15) is 0 Å². The molecular weight excluding hydrogens is 268 g/mol. The molecule has 0 atom stereocenters. The van der Waals surface area contributed by atoms with Gasteiger partial charge in [0.25, 0.3) is 5.91 Å². The Labute approximate surface area is 123 Å². The highest BCUT2D eigenvalue weighted by molar-refractivity contribution is 5.75. The molecule has 21 heavy (non-hydrogen) atoms. The van der Waals surface area contributed by atoms with Crippen molar-refractivity contribution in [3.05, 3.63) is 59.7 Å². The number of carbonyl (C=O) groups is 1. The highest BCUT2D eigenvalue weighted by atomic mass is 16.5. The summed E-state index contributed by atoms with van der Waals surface area (Å²) >= 11 is 0. The molecule has 0 aromatic heterocycles. The van der Waals surface area contributed by atoms with Crippen molar-refractivity contribution in [3.8, 4) is 11.5 Å². The van der Waals surface area contributed by atoms with Crippen molar-refractivity contribution in [1.29, 1.82) is 0 Å². The van der Waals surface area contributed by atoms with E-state index in [0.717, 1.165) is 24.2 Å². The molecular formula is C16H18N2O3. The maximum Gasteiger partial charge on any atom is 0.255 e. The second-order valence-electron chi connectivity index (χ2n) is 4.67. The molecule has 0 unspecified atom stereocenters. The normalized spacial score (nSPS) is 10.3. The molecule has 110 valence electrons. The lowest BCUT2D eigenvalue weighted by molar-refractivity contribution is -0.119. The smallest absolute Gasteiger partial charge is 0.255 e.